The molecule has 0 radical (unpaired) electrons. The Kier molecular flexibility index (Phi) is 9.07. The summed E-state index contributed by atoms with van der Waals surface area (Å²) in [5.74, 6) is -1.84. The number of hydrogen-bond donors (Lipinski definition) is 3. The third kappa shape index (κ3) is 5.35. The molecular formula is C33H32F3N3O4S. The lowest BCUT2D eigenvalue weighted by Gasteiger charge is -2.36. The first kappa shape index (κ1) is 31.2. The number of hydrogen-bond acceptors (Lipinski definition) is 6. The summed E-state index contributed by atoms with van der Waals surface area (Å²) in [7, 11) is 1.00. The molecule has 6 rings (SSSR count). The number of H-pyrrole nitrogens is 2. The first-order valence-corrected chi connectivity index (χ1v) is 15.2. The number of aromatic amines is 2. The van der Waals surface area contributed by atoms with Crippen LogP contribution in [0.15, 0.2) is 59.8 Å². The number of nitrogens with zero attached hydrogens (tertiary/aromatic N) is 1. The van der Waals surface area contributed by atoms with Gasteiger partial charge in [-0.15, -0.1) is 11.8 Å². The number of para-hydroxylation sites is 1. The lowest BCUT2D eigenvalue weighted by atomic mass is 9.74. The lowest BCUT2D eigenvalue weighted by Crippen LogP contribution is -2.32. The summed E-state index contributed by atoms with van der Waals surface area (Å²) in [6.45, 7) is 4.53. The van der Waals surface area contributed by atoms with Gasteiger partial charge in [0.2, 0.25) is 5.82 Å². The smallest absolute Gasteiger partial charge is 0.204 e. The average molecular weight is 624 g/mol. The Labute approximate surface area is 256 Å². The average Bonchev–Trinajstić information content (AvgIpc) is 3.73. The summed E-state index contributed by atoms with van der Waals surface area (Å²) in [6.07, 6.45) is 6.91. The maximum Gasteiger partial charge on any atom is 0.204 e. The van der Waals surface area contributed by atoms with Gasteiger partial charge in [0.25, 0.3) is 0 Å². The van der Waals surface area contributed by atoms with Crippen molar-refractivity contribution in [3.8, 4) is 28.6 Å². The highest BCUT2D eigenvalue weighted by atomic mass is 32.2. The van der Waals surface area contributed by atoms with Crippen molar-refractivity contribution in [2.24, 2.45) is 0 Å². The Balaban J connectivity index is 0.00000188. The number of aliphatic hydroxyl groups excluding tert-OH is 1. The van der Waals surface area contributed by atoms with E-state index >= 15 is 8.78 Å². The Hall–Kier alpha value is -4.22. The number of ether oxygens (including phenoxy) is 2. The highest BCUT2D eigenvalue weighted by Gasteiger charge is 2.38. The van der Waals surface area contributed by atoms with E-state index in [0.29, 0.717) is 29.7 Å². The van der Waals surface area contributed by atoms with Gasteiger partial charge in [0, 0.05) is 48.0 Å². The summed E-state index contributed by atoms with van der Waals surface area (Å²) >= 11 is 1.22. The molecule has 2 aromatic heterocycles. The van der Waals surface area contributed by atoms with Crippen LogP contribution in [0.5, 0.6) is 17.2 Å². The van der Waals surface area contributed by atoms with Crippen LogP contribution in [0.25, 0.3) is 22.3 Å². The van der Waals surface area contributed by atoms with Crippen molar-refractivity contribution in [1.29, 1.82) is 0 Å². The largest absolute Gasteiger partial charge is 0.493 e. The molecule has 3 N–H and O–H groups in total. The van der Waals surface area contributed by atoms with Crippen LogP contribution in [-0.2, 0) is 10.2 Å². The zero-order chi connectivity index (χ0) is 31.6. The van der Waals surface area contributed by atoms with Crippen LogP contribution in [0, 0.1) is 17.5 Å². The monoisotopic (exact) mass is 623 g/mol. The summed E-state index contributed by atoms with van der Waals surface area (Å²) in [5, 5.41) is 7.49. The normalized spacial score (nSPS) is 16.5. The van der Waals surface area contributed by atoms with E-state index in [4.69, 9.17) is 14.6 Å². The number of aliphatic hydroxyl groups is 1. The topological polar surface area (TPSA) is 100 Å². The molecule has 1 aliphatic rings. The van der Waals surface area contributed by atoms with E-state index in [-0.39, 0.29) is 34.3 Å². The highest BCUT2D eigenvalue weighted by molar-refractivity contribution is 7.99. The third-order valence-corrected chi connectivity index (χ3v) is 8.88. The summed E-state index contributed by atoms with van der Waals surface area (Å²) < 4.78 is 56.9. The van der Waals surface area contributed by atoms with Crippen LogP contribution in [0.2, 0.25) is 0 Å². The van der Waals surface area contributed by atoms with Gasteiger partial charge in [0.05, 0.1) is 22.6 Å². The number of fused-ring (bicyclic) bond motifs is 2. The zero-order valence-corrected chi connectivity index (χ0v) is 25.4. The van der Waals surface area contributed by atoms with Crippen molar-refractivity contribution in [3.63, 3.8) is 0 Å². The molecule has 3 heterocycles. The minimum Gasteiger partial charge on any atom is -0.493 e. The highest BCUT2D eigenvalue weighted by Crippen LogP contribution is 2.47. The lowest BCUT2D eigenvalue weighted by molar-refractivity contribution is -0.108. The Morgan fingerprint density at radius 3 is 2.73 bits per heavy atom. The van der Waals surface area contributed by atoms with Crippen LogP contribution in [0.4, 0.5) is 13.2 Å². The molecule has 0 spiro atoms. The standard InChI is InChI=1S/C32H28F3N3O3S.CH4O/c1-17(10-13-39)19-5-4-6-22-28(19)40-14-11-32(22,2)24-16-37-31(38-24)21-15-18(7-8-23(21)33)41-29-26(35)25(34)27-20(9-12-36-27)30(29)42-3;1-2/h4-9,12-13,15-17,36H,10-11,14H2,1-3H3,(H,37,38);2H,1H3. The third-order valence-electron chi connectivity index (χ3n) is 8.07. The minimum absolute atomic E-state index is 0.00291. The molecule has 0 saturated heterocycles. The second-order valence-corrected chi connectivity index (χ2v) is 11.4. The molecule has 0 aliphatic carbocycles. The number of rotatable bonds is 8. The first-order chi connectivity index (χ1) is 21.3. The summed E-state index contributed by atoms with van der Waals surface area (Å²) in [6, 6.07) is 11.6. The van der Waals surface area contributed by atoms with E-state index in [0.717, 1.165) is 36.0 Å². The molecule has 0 amide bonds. The molecule has 0 bridgehead atoms. The molecule has 230 valence electrons. The van der Waals surface area contributed by atoms with Crippen LogP contribution < -0.4 is 9.47 Å². The van der Waals surface area contributed by atoms with E-state index in [9.17, 15) is 9.18 Å². The number of imidazole rings is 1. The number of benzene rings is 3. The van der Waals surface area contributed by atoms with Crippen molar-refractivity contribution in [1.82, 2.24) is 15.0 Å². The fraction of sp³-hybridized carbons (Fsp3) is 0.273. The number of carbonyl (C=O) groups excluding carboxylic acids is 1. The predicted molar refractivity (Wildman–Crippen MR) is 164 cm³/mol. The molecule has 5 aromatic rings. The van der Waals surface area contributed by atoms with E-state index in [1.54, 1.807) is 18.5 Å². The van der Waals surface area contributed by atoms with Crippen molar-refractivity contribution >= 4 is 29.0 Å². The van der Waals surface area contributed by atoms with Gasteiger partial charge in [-0.3, -0.25) is 0 Å². The molecule has 0 saturated carbocycles. The van der Waals surface area contributed by atoms with Gasteiger partial charge in [0.1, 0.15) is 29.4 Å². The van der Waals surface area contributed by atoms with E-state index in [1.165, 1.54) is 36.2 Å². The summed E-state index contributed by atoms with van der Waals surface area (Å²) in [4.78, 5) is 22.1. The van der Waals surface area contributed by atoms with Gasteiger partial charge in [-0.25, -0.2) is 13.8 Å². The Bertz CT molecular complexity index is 1820. The second kappa shape index (κ2) is 12.8. The second-order valence-electron chi connectivity index (χ2n) is 10.6. The van der Waals surface area contributed by atoms with Crippen molar-refractivity contribution in [2.75, 3.05) is 20.0 Å². The van der Waals surface area contributed by atoms with Crippen molar-refractivity contribution in [3.05, 3.63) is 89.1 Å². The van der Waals surface area contributed by atoms with Crippen LogP contribution in [-0.4, -0.2) is 46.3 Å². The number of carbonyl (C=O) groups is 1. The van der Waals surface area contributed by atoms with Gasteiger partial charge >= 0.3 is 0 Å². The van der Waals surface area contributed by atoms with Gasteiger partial charge in [-0.2, -0.15) is 4.39 Å². The van der Waals surface area contributed by atoms with E-state index in [1.807, 2.05) is 25.1 Å². The minimum atomic E-state index is -1.13. The summed E-state index contributed by atoms with van der Waals surface area (Å²) in [5.41, 5.74) is 2.35. The van der Waals surface area contributed by atoms with Crippen molar-refractivity contribution < 1.29 is 32.5 Å². The molecule has 11 heteroatoms. The predicted octanol–water partition coefficient (Wildman–Crippen LogP) is 7.88. The number of aromatic nitrogens is 3. The van der Waals surface area contributed by atoms with E-state index < -0.39 is 22.9 Å². The van der Waals surface area contributed by atoms with Crippen LogP contribution in [0.1, 0.15) is 49.4 Å². The maximum atomic E-state index is 15.1. The Morgan fingerprint density at radius 1 is 1.18 bits per heavy atom. The van der Waals surface area contributed by atoms with Gasteiger partial charge in [-0.1, -0.05) is 25.1 Å². The number of thioether (sulfide) groups is 1. The fourth-order valence-corrected chi connectivity index (χ4v) is 6.36. The molecule has 1 aliphatic heterocycles. The quantitative estimate of drug-likeness (QED) is 0.120. The fourth-order valence-electron chi connectivity index (χ4n) is 5.65. The molecule has 7 nitrogen and oxygen atoms in total. The molecule has 0 fully saturated rings. The van der Waals surface area contributed by atoms with Crippen LogP contribution in [0.3, 0.4) is 0 Å². The number of nitrogens with one attached hydrogen (secondary N) is 2. The molecule has 44 heavy (non-hydrogen) atoms. The molecule has 2 unspecified atom stereocenters. The number of aldehydes is 1. The molecule has 3 aromatic carbocycles. The number of halogens is 3. The van der Waals surface area contributed by atoms with Gasteiger partial charge in [-0.05, 0) is 55.3 Å². The zero-order valence-electron chi connectivity index (χ0n) is 24.6. The SMILES string of the molecule is CO.CSc1c(Oc2ccc(F)c(-c3ncc(C4(C)CCOc5c(C(C)CC=O)cccc54)[nH]3)c2)c(F)c(F)c2[nH]ccc12. The van der Waals surface area contributed by atoms with E-state index in [2.05, 4.69) is 21.9 Å². The Morgan fingerprint density at radius 2 is 1.98 bits per heavy atom. The van der Waals surface area contributed by atoms with Crippen molar-refractivity contribution in [2.45, 2.75) is 42.9 Å². The molecule has 2 atom stereocenters. The molecular weight excluding hydrogens is 591 g/mol. The van der Waals surface area contributed by atoms with Crippen LogP contribution >= 0.6 is 11.8 Å². The maximum absolute atomic E-state index is 15.1. The van der Waals surface area contributed by atoms with Gasteiger partial charge in [0.15, 0.2) is 11.6 Å². The van der Waals surface area contributed by atoms with Gasteiger partial charge < -0.3 is 29.3 Å². The first-order valence-electron chi connectivity index (χ1n) is 14.0.